The molecular formula is C60H40N2. The maximum absolute atomic E-state index is 4.71. The Kier molecular flexibility index (Phi) is 9.57. The molecule has 290 valence electrons. The summed E-state index contributed by atoms with van der Waals surface area (Å²) in [6.45, 7) is 0. The van der Waals surface area contributed by atoms with Crippen molar-refractivity contribution < 1.29 is 0 Å². The van der Waals surface area contributed by atoms with Crippen molar-refractivity contribution in [3.8, 4) is 89.3 Å². The molecule has 0 aliphatic rings. The molecule has 0 N–H and O–H groups in total. The quantitative estimate of drug-likeness (QED) is 0.143. The van der Waals surface area contributed by atoms with Crippen molar-refractivity contribution in [2.45, 2.75) is 0 Å². The van der Waals surface area contributed by atoms with E-state index < -0.39 is 0 Å². The highest BCUT2D eigenvalue weighted by Crippen LogP contribution is 2.46. The zero-order valence-corrected chi connectivity index (χ0v) is 34.0. The van der Waals surface area contributed by atoms with E-state index in [2.05, 4.69) is 206 Å². The van der Waals surface area contributed by atoms with Crippen molar-refractivity contribution >= 4 is 21.5 Å². The second kappa shape index (κ2) is 16.1. The Morgan fingerprint density at radius 3 is 1.03 bits per heavy atom. The number of benzene rings is 9. The summed E-state index contributed by atoms with van der Waals surface area (Å²) in [6, 6.07) is 83.0. The van der Waals surface area contributed by atoms with Crippen LogP contribution in [-0.2, 0) is 0 Å². The molecule has 0 bridgehead atoms. The number of nitrogens with zero attached hydrogens (tertiary/aromatic N) is 2. The first-order valence-corrected chi connectivity index (χ1v) is 21.1. The van der Waals surface area contributed by atoms with E-state index in [1.165, 1.54) is 66.1 Å². The molecule has 0 amide bonds. The predicted molar refractivity (Wildman–Crippen MR) is 261 cm³/mol. The Morgan fingerprint density at radius 1 is 0.194 bits per heavy atom. The van der Waals surface area contributed by atoms with Gasteiger partial charge in [-0.25, -0.2) is 0 Å². The van der Waals surface area contributed by atoms with Crippen molar-refractivity contribution in [1.82, 2.24) is 9.97 Å². The van der Waals surface area contributed by atoms with Crippen LogP contribution in [0.5, 0.6) is 0 Å². The van der Waals surface area contributed by atoms with Gasteiger partial charge in [0.25, 0.3) is 0 Å². The predicted octanol–water partition coefficient (Wildman–Crippen LogP) is 16.1. The summed E-state index contributed by atoms with van der Waals surface area (Å²) in [6.07, 6.45) is 3.72. The van der Waals surface area contributed by atoms with Gasteiger partial charge in [-0.3, -0.25) is 9.97 Å². The van der Waals surface area contributed by atoms with E-state index >= 15 is 0 Å². The van der Waals surface area contributed by atoms with Gasteiger partial charge in [-0.15, -0.1) is 0 Å². The highest BCUT2D eigenvalue weighted by atomic mass is 14.7. The molecule has 0 spiro atoms. The van der Waals surface area contributed by atoms with Crippen molar-refractivity contribution in [3.63, 3.8) is 0 Å². The SMILES string of the molecule is c1ccc(-c2cc(-c3ccccc3)cc(-c3ccc(-c4ccc5c(-c6cccc(-c7ccccn7)c6)c6ccccc6c(-c6cccc(-c7ccccn7)c6)c5c4)cc3)c2)cc1. The average Bonchev–Trinajstić information content (AvgIpc) is 3.36. The van der Waals surface area contributed by atoms with E-state index in [4.69, 9.17) is 9.97 Å². The lowest BCUT2D eigenvalue weighted by atomic mass is 9.84. The largest absolute Gasteiger partial charge is 0.256 e. The van der Waals surface area contributed by atoms with Crippen LogP contribution >= 0.6 is 0 Å². The van der Waals surface area contributed by atoms with Crippen LogP contribution in [0.3, 0.4) is 0 Å². The van der Waals surface area contributed by atoms with E-state index in [0.717, 1.165) is 44.8 Å². The van der Waals surface area contributed by atoms with Gasteiger partial charge in [0.05, 0.1) is 11.4 Å². The molecule has 0 saturated heterocycles. The Labute approximate surface area is 362 Å². The molecule has 2 heteroatoms. The molecule has 0 aliphatic heterocycles. The second-order valence-electron chi connectivity index (χ2n) is 15.8. The molecule has 0 aliphatic carbocycles. The van der Waals surface area contributed by atoms with Gasteiger partial charge in [-0.05, 0) is 149 Å². The molecule has 11 aromatic rings. The molecule has 2 nitrogen and oxygen atoms in total. The second-order valence-corrected chi connectivity index (χ2v) is 15.8. The summed E-state index contributed by atoms with van der Waals surface area (Å²) in [5, 5.41) is 4.81. The first-order chi connectivity index (χ1) is 30.7. The number of hydrogen-bond donors (Lipinski definition) is 0. The maximum Gasteiger partial charge on any atom is 0.0702 e. The zero-order chi connectivity index (χ0) is 41.2. The third-order valence-corrected chi connectivity index (χ3v) is 11.9. The van der Waals surface area contributed by atoms with E-state index in [1.807, 2.05) is 36.7 Å². The van der Waals surface area contributed by atoms with Crippen LogP contribution in [0.4, 0.5) is 0 Å². The van der Waals surface area contributed by atoms with Crippen LogP contribution in [0.25, 0.3) is 111 Å². The highest BCUT2D eigenvalue weighted by molar-refractivity contribution is 6.22. The van der Waals surface area contributed by atoms with Gasteiger partial charge < -0.3 is 0 Å². The van der Waals surface area contributed by atoms with Crippen molar-refractivity contribution in [2.24, 2.45) is 0 Å². The fraction of sp³-hybridized carbons (Fsp3) is 0. The van der Waals surface area contributed by atoms with Crippen LogP contribution in [-0.4, -0.2) is 9.97 Å². The lowest BCUT2D eigenvalue weighted by Gasteiger charge is -2.19. The van der Waals surface area contributed by atoms with Crippen LogP contribution in [0.15, 0.2) is 243 Å². The fourth-order valence-corrected chi connectivity index (χ4v) is 8.96. The van der Waals surface area contributed by atoms with Gasteiger partial charge in [-0.1, -0.05) is 170 Å². The standard InChI is InChI=1S/C60H40N2/c1-3-15-41(16-4-1)50-37-51(42-17-5-2-6-18-42)39-52(38-50)44-29-27-43(28-30-44)45-31-32-55-56(40-45)60(49-22-14-20-47(36-49)58-26-10-12-34-62-58)54-24-8-7-23-53(54)59(55)48-21-13-19-46(35-48)57-25-9-11-33-61-57/h1-40H. The molecule has 0 fully saturated rings. The molecule has 0 atom stereocenters. The number of pyridine rings is 2. The highest BCUT2D eigenvalue weighted by Gasteiger charge is 2.19. The summed E-state index contributed by atoms with van der Waals surface area (Å²) < 4.78 is 0. The molecule has 0 saturated carbocycles. The van der Waals surface area contributed by atoms with Crippen LogP contribution in [0.1, 0.15) is 0 Å². The van der Waals surface area contributed by atoms with E-state index in [0.29, 0.717) is 0 Å². The van der Waals surface area contributed by atoms with Gasteiger partial charge >= 0.3 is 0 Å². The van der Waals surface area contributed by atoms with Crippen molar-refractivity contribution in [1.29, 1.82) is 0 Å². The summed E-state index contributed by atoms with van der Waals surface area (Å²) in [5.74, 6) is 0. The van der Waals surface area contributed by atoms with Crippen molar-refractivity contribution in [2.75, 3.05) is 0 Å². The minimum atomic E-state index is 0.955. The first-order valence-electron chi connectivity index (χ1n) is 21.1. The minimum Gasteiger partial charge on any atom is -0.256 e. The van der Waals surface area contributed by atoms with Gasteiger partial charge in [-0.2, -0.15) is 0 Å². The molecule has 2 aromatic heterocycles. The summed E-state index contributed by atoms with van der Waals surface area (Å²) in [5.41, 5.74) is 18.3. The Balaban J connectivity index is 1.09. The number of fused-ring (bicyclic) bond motifs is 2. The van der Waals surface area contributed by atoms with Gasteiger partial charge in [0, 0.05) is 23.5 Å². The van der Waals surface area contributed by atoms with Crippen LogP contribution in [0.2, 0.25) is 0 Å². The molecular weight excluding hydrogens is 749 g/mol. The lowest BCUT2D eigenvalue weighted by Crippen LogP contribution is -1.93. The van der Waals surface area contributed by atoms with Crippen LogP contribution in [0, 0.1) is 0 Å². The summed E-state index contributed by atoms with van der Waals surface area (Å²) in [4.78, 5) is 9.41. The molecule has 0 radical (unpaired) electrons. The van der Waals surface area contributed by atoms with Gasteiger partial charge in [0.15, 0.2) is 0 Å². The summed E-state index contributed by atoms with van der Waals surface area (Å²) in [7, 11) is 0. The van der Waals surface area contributed by atoms with Crippen molar-refractivity contribution in [3.05, 3.63) is 243 Å². The monoisotopic (exact) mass is 788 g/mol. The number of aromatic nitrogens is 2. The van der Waals surface area contributed by atoms with E-state index in [9.17, 15) is 0 Å². The molecule has 2 heterocycles. The summed E-state index contributed by atoms with van der Waals surface area (Å²) >= 11 is 0. The Bertz CT molecular complexity index is 3300. The Morgan fingerprint density at radius 2 is 0.548 bits per heavy atom. The maximum atomic E-state index is 4.71. The molecule has 9 aromatic carbocycles. The van der Waals surface area contributed by atoms with Gasteiger partial charge in [0.2, 0.25) is 0 Å². The molecule has 0 unspecified atom stereocenters. The van der Waals surface area contributed by atoms with E-state index in [-0.39, 0.29) is 0 Å². The molecule has 11 rings (SSSR count). The fourth-order valence-electron chi connectivity index (χ4n) is 8.96. The third kappa shape index (κ3) is 7.04. The minimum absolute atomic E-state index is 0.955. The van der Waals surface area contributed by atoms with E-state index in [1.54, 1.807) is 0 Å². The first kappa shape index (κ1) is 36.8. The van der Waals surface area contributed by atoms with Gasteiger partial charge in [0.1, 0.15) is 0 Å². The van der Waals surface area contributed by atoms with Crippen LogP contribution < -0.4 is 0 Å². The Hall–Kier alpha value is -8.20. The smallest absolute Gasteiger partial charge is 0.0702 e. The number of hydrogen-bond acceptors (Lipinski definition) is 2. The molecule has 62 heavy (non-hydrogen) atoms. The average molecular weight is 789 g/mol. The number of rotatable bonds is 8. The topological polar surface area (TPSA) is 25.8 Å². The zero-order valence-electron chi connectivity index (χ0n) is 34.0. The normalized spacial score (nSPS) is 11.2. The third-order valence-electron chi connectivity index (χ3n) is 11.9. The lowest BCUT2D eigenvalue weighted by molar-refractivity contribution is 1.33.